The van der Waals surface area contributed by atoms with Crippen LogP contribution in [0.15, 0.2) is 66.7 Å². The minimum atomic E-state index is -1.20. The number of phenolic OH excluding ortho intramolecular Hbond substituents is 4. The second-order valence-electron chi connectivity index (χ2n) is 11.0. The number of para-hydroxylation sites is 3. The fraction of sp³-hybridized carbons (Fsp3) is 0.278. The normalized spacial score (nSPS) is 12.5. The van der Waals surface area contributed by atoms with Crippen molar-refractivity contribution in [3.05, 3.63) is 117 Å². The number of fused-ring (bicyclic) bond motifs is 8. The fourth-order valence-corrected chi connectivity index (χ4v) is 5.81. The Balaban J connectivity index is 1.66. The average molecular weight is 597 g/mol. The second kappa shape index (κ2) is 13.1. The Morgan fingerprint density at radius 1 is 0.568 bits per heavy atom. The van der Waals surface area contributed by atoms with Crippen LogP contribution < -0.4 is 0 Å². The summed E-state index contributed by atoms with van der Waals surface area (Å²) in [5, 5.41) is 45.2. The summed E-state index contributed by atoms with van der Waals surface area (Å²) in [6, 6.07) is 19.6. The van der Waals surface area contributed by atoms with Crippen molar-refractivity contribution in [2.24, 2.45) is 5.92 Å². The zero-order valence-corrected chi connectivity index (χ0v) is 24.8. The highest BCUT2D eigenvalue weighted by atomic mass is 16.6. The van der Waals surface area contributed by atoms with E-state index in [1.807, 2.05) is 18.2 Å². The molecule has 0 saturated heterocycles. The van der Waals surface area contributed by atoms with Gasteiger partial charge in [-0.1, -0.05) is 66.7 Å². The first-order chi connectivity index (χ1) is 21.2. The van der Waals surface area contributed by atoms with E-state index >= 15 is 0 Å². The van der Waals surface area contributed by atoms with Crippen LogP contribution in [-0.2, 0) is 51.2 Å². The number of hydrogen-bond donors (Lipinski definition) is 4. The molecule has 0 unspecified atom stereocenters. The molecule has 0 heterocycles. The Labute approximate surface area is 256 Å². The van der Waals surface area contributed by atoms with Crippen molar-refractivity contribution in [1.29, 1.82) is 0 Å². The van der Waals surface area contributed by atoms with Crippen LogP contribution in [0.3, 0.4) is 0 Å². The predicted octanol–water partition coefficient (Wildman–Crippen LogP) is 5.47. The van der Waals surface area contributed by atoms with Gasteiger partial charge < -0.3 is 29.9 Å². The molecular weight excluding hydrogens is 560 g/mol. The first-order valence-corrected chi connectivity index (χ1v) is 14.8. The molecule has 0 fully saturated rings. The summed E-state index contributed by atoms with van der Waals surface area (Å²) in [7, 11) is 0. The minimum Gasteiger partial charge on any atom is -0.507 e. The number of carbonyl (C=O) groups is 2. The maximum atomic E-state index is 12.8. The van der Waals surface area contributed by atoms with Crippen molar-refractivity contribution in [3.8, 4) is 23.0 Å². The molecule has 0 radical (unpaired) electrons. The Morgan fingerprint density at radius 2 is 0.864 bits per heavy atom. The SMILES string of the molecule is CCOC(=O)C(Cc1cc2c(O)c(c1)Cc1cccc(c1O)Cc1cccc(c1O)Cc1cccc(c1O)C2)C(=O)OCC. The quantitative estimate of drug-likeness (QED) is 0.150. The van der Waals surface area contributed by atoms with Gasteiger partial charge in [0, 0.05) is 25.7 Å². The fourth-order valence-electron chi connectivity index (χ4n) is 5.81. The molecule has 4 aromatic rings. The van der Waals surface area contributed by atoms with E-state index in [9.17, 15) is 30.0 Å². The van der Waals surface area contributed by atoms with Gasteiger partial charge in [0.1, 0.15) is 23.0 Å². The molecule has 8 nitrogen and oxygen atoms in total. The summed E-state index contributed by atoms with van der Waals surface area (Å²) in [5.74, 6) is -2.39. The minimum absolute atomic E-state index is 0.0119. The molecule has 4 N–H and O–H groups in total. The van der Waals surface area contributed by atoms with Crippen LogP contribution in [-0.4, -0.2) is 45.6 Å². The molecule has 228 valence electrons. The van der Waals surface area contributed by atoms with Crippen molar-refractivity contribution < 1.29 is 39.5 Å². The molecule has 0 spiro atoms. The molecule has 0 amide bonds. The van der Waals surface area contributed by atoms with Crippen LogP contribution in [0, 0.1) is 5.92 Å². The van der Waals surface area contributed by atoms with E-state index in [0.29, 0.717) is 50.1 Å². The lowest BCUT2D eigenvalue weighted by Crippen LogP contribution is -2.30. The highest BCUT2D eigenvalue weighted by Gasteiger charge is 2.30. The number of esters is 2. The molecule has 0 aromatic heterocycles. The van der Waals surface area contributed by atoms with Crippen LogP contribution >= 0.6 is 0 Å². The highest BCUT2D eigenvalue weighted by Crippen LogP contribution is 2.38. The van der Waals surface area contributed by atoms with Gasteiger partial charge in [-0.2, -0.15) is 0 Å². The summed E-state index contributed by atoms with van der Waals surface area (Å²) >= 11 is 0. The van der Waals surface area contributed by atoms with Gasteiger partial charge >= 0.3 is 11.9 Å². The number of phenols is 4. The van der Waals surface area contributed by atoms with E-state index in [0.717, 1.165) is 0 Å². The van der Waals surface area contributed by atoms with Gasteiger partial charge in [0.05, 0.1) is 13.2 Å². The molecule has 0 saturated carbocycles. The van der Waals surface area contributed by atoms with Crippen LogP contribution in [0.4, 0.5) is 0 Å². The first-order valence-electron chi connectivity index (χ1n) is 14.8. The van der Waals surface area contributed by atoms with E-state index < -0.39 is 17.9 Å². The van der Waals surface area contributed by atoms with Crippen molar-refractivity contribution in [2.75, 3.05) is 13.2 Å². The van der Waals surface area contributed by atoms with Crippen LogP contribution in [0.25, 0.3) is 0 Å². The highest BCUT2D eigenvalue weighted by molar-refractivity contribution is 5.95. The predicted molar refractivity (Wildman–Crippen MR) is 164 cm³/mol. The number of carbonyl (C=O) groups excluding carboxylic acids is 2. The number of rotatable bonds is 6. The van der Waals surface area contributed by atoms with Gasteiger partial charge in [0.25, 0.3) is 0 Å². The lowest BCUT2D eigenvalue weighted by Gasteiger charge is -2.19. The number of ether oxygens (including phenoxy) is 2. The Kier molecular flexibility index (Phi) is 9.09. The summed E-state index contributed by atoms with van der Waals surface area (Å²) in [4.78, 5) is 25.6. The van der Waals surface area contributed by atoms with Gasteiger partial charge in [-0.25, -0.2) is 0 Å². The smallest absolute Gasteiger partial charge is 0.320 e. The Hall–Kier alpha value is -4.98. The lowest BCUT2D eigenvalue weighted by atomic mass is 9.89. The standard InChI is InChI=1S/C36H36O8/c1-3-43-35(41)30(36(42)44-4-2)16-21-14-28-19-26-12-6-10-24(32(26)38)17-22-8-5-9-23(31(22)37)18-25-11-7-13-27(33(25)39)20-29(15-21)34(28)40/h5-15,30,37-40H,3-4,16-20H2,1-2H3. The molecule has 44 heavy (non-hydrogen) atoms. The topological polar surface area (TPSA) is 134 Å². The second-order valence-corrected chi connectivity index (χ2v) is 11.0. The third kappa shape index (κ3) is 6.34. The molecule has 5 rings (SSSR count). The van der Waals surface area contributed by atoms with Crippen LogP contribution in [0.2, 0.25) is 0 Å². The molecule has 0 aliphatic heterocycles. The van der Waals surface area contributed by atoms with Gasteiger partial charge in [0.15, 0.2) is 5.92 Å². The van der Waals surface area contributed by atoms with Gasteiger partial charge in [-0.3, -0.25) is 9.59 Å². The Morgan fingerprint density at radius 3 is 1.18 bits per heavy atom. The van der Waals surface area contributed by atoms with Crippen molar-refractivity contribution in [2.45, 2.75) is 46.0 Å². The first kappa shape index (κ1) is 30.5. The van der Waals surface area contributed by atoms with E-state index in [1.165, 1.54) is 0 Å². The van der Waals surface area contributed by atoms with Crippen molar-refractivity contribution in [3.63, 3.8) is 0 Å². The summed E-state index contributed by atoms with van der Waals surface area (Å²) in [5.41, 5.74) is 5.13. The molecule has 0 atom stereocenters. The van der Waals surface area contributed by atoms with Crippen molar-refractivity contribution in [1.82, 2.24) is 0 Å². The number of aromatic hydroxyl groups is 4. The van der Waals surface area contributed by atoms with E-state index in [4.69, 9.17) is 9.47 Å². The largest absolute Gasteiger partial charge is 0.507 e. The zero-order valence-electron chi connectivity index (χ0n) is 24.8. The Bertz CT molecular complexity index is 1590. The van der Waals surface area contributed by atoms with Gasteiger partial charge in [-0.05, 0) is 70.3 Å². The summed E-state index contributed by atoms with van der Waals surface area (Å²) < 4.78 is 10.3. The van der Waals surface area contributed by atoms with E-state index in [2.05, 4.69) is 0 Å². The zero-order chi connectivity index (χ0) is 31.4. The van der Waals surface area contributed by atoms with E-state index in [1.54, 1.807) is 62.4 Å². The number of benzene rings is 4. The molecular formula is C36H36O8. The third-order valence-electron chi connectivity index (χ3n) is 8.04. The number of hydrogen-bond acceptors (Lipinski definition) is 8. The molecule has 1 aliphatic rings. The maximum Gasteiger partial charge on any atom is 0.320 e. The van der Waals surface area contributed by atoms with E-state index in [-0.39, 0.29) is 68.3 Å². The monoisotopic (exact) mass is 596 g/mol. The molecule has 4 aromatic carbocycles. The van der Waals surface area contributed by atoms with Crippen molar-refractivity contribution >= 4 is 11.9 Å². The third-order valence-corrected chi connectivity index (χ3v) is 8.04. The summed E-state index contributed by atoms with van der Waals surface area (Å²) in [6.07, 6.45) is 0.804. The van der Waals surface area contributed by atoms with Crippen LogP contribution in [0.1, 0.15) is 63.9 Å². The molecule has 8 bridgehead atoms. The summed E-state index contributed by atoms with van der Waals surface area (Å²) in [6.45, 7) is 3.53. The van der Waals surface area contributed by atoms with Gasteiger partial charge in [0.2, 0.25) is 0 Å². The average Bonchev–Trinajstić information content (AvgIpc) is 2.99. The van der Waals surface area contributed by atoms with Gasteiger partial charge in [-0.15, -0.1) is 0 Å². The maximum absolute atomic E-state index is 12.8. The molecule has 1 aliphatic carbocycles. The van der Waals surface area contributed by atoms with Crippen LogP contribution in [0.5, 0.6) is 23.0 Å². The lowest BCUT2D eigenvalue weighted by molar-refractivity contribution is -0.161. The molecule has 8 heteroatoms.